The molecule has 0 saturated carbocycles. The van der Waals surface area contributed by atoms with Crippen molar-refractivity contribution in [1.82, 2.24) is 10.0 Å². The van der Waals surface area contributed by atoms with Gasteiger partial charge in [0.2, 0.25) is 0 Å². The van der Waals surface area contributed by atoms with E-state index in [1.54, 1.807) is 0 Å². The Morgan fingerprint density at radius 2 is 1.69 bits per heavy atom. The molecule has 2 rings (SSSR count). The number of hydrogen-bond acceptors (Lipinski definition) is 2. The van der Waals surface area contributed by atoms with Crippen LogP contribution in [0.3, 0.4) is 0 Å². The van der Waals surface area contributed by atoms with Crippen molar-refractivity contribution < 1.29 is 0 Å². The Kier molecular flexibility index (Phi) is 5.11. The second kappa shape index (κ2) is 6.61. The van der Waals surface area contributed by atoms with Crippen molar-refractivity contribution in [2.45, 2.75) is 70.8 Å². The first kappa shape index (κ1) is 12.4. The van der Waals surface area contributed by atoms with Crippen LogP contribution in [0.4, 0.5) is 0 Å². The maximum absolute atomic E-state index is 2.73. The minimum atomic E-state index is 0.867. The van der Waals surface area contributed by atoms with Gasteiger partial charge in [-0.25, -0.2) is 10.0 Å². The van der Waals surface area contributed by atoms with Crippen LogP contribution < -0.4 is 0 Å². The lowest BCUT2D eigenvalue weighted by Gasteiger charge is -2.45. The summed E-state index contributed by atoms with van der Waals surface area (Å²) in [4.78, 5) is 0. The highest BCUT2D eigenvalue weighted by atomic mass is 15.6. The van der Waals surface area contributed by atoms with Gasteiger partial charge in [-0.2, -0.15) is 0 Å². The number of piperidine rings is 2. The van der Waals surface area contributed by atoms with Gasteiger partial charge in [-0.1, -0.05) is 32.6 Å². The SMILES string of the molecule is CCCCC1CCCCN1N1CCCCC1. The van der Waals surface area contributed by atoms with E-state index in [0.717, 1.165) is 6.04 Å². The van der Waals surface area contributed by atoms with Crippen molar-refractivity contribution >= 4 is 0 Å². The molecule has 1 atom stereocenters. The zero-order valence-corrected chi connectivity index (χ0v) is 11.0. The minimum absolute atomic E-state index is 0.867. The summed E-state index contributed by atoms with van der Waals surface area (Å²) in [6.45, 7) is 6.29. The lowest BCUT2D eigenvalue weighted by atomic mass is 9.98. The van der Waals surface area contributed by atoms with Gasteiger partial charge in [0.15, 0.2) is 0 Å². The summed E-state index contributed by atoms with van der Waals surface area (Å²) in [5.41, 5.74) is 0. The third-order valence-corrected chi connectivity index (χ3v) is 4.18. The summed E-state index contributed by atoms with van der Waals surface area (Å²) in [5.74, 6) is 0. The van der Waals surface area contributed by atoms with Crippen LogP contribution in [0.2, 0.25) is 0 Å². The molecule has 0 aromatic carbocycles. The zero-order chi connectivity index (χ0) is 11.2. The topological polar surface area (TPSA) is 6.48 Å². The van der Waals surface area contributed by atoms with Gasteiger partial charge in [0, 0.05) is 25.7 Å². The van der Waals surface area contributed by atoms with E-state index >= 15 is 0 Å². The number of nitrogens with zero attached hydrogens (tertiary/aromatic N) is 2. The first-order valence-electron chi connectivity index (χ1n) is 7.43. The summed E-state index contributed by atoms with van der Waals surface area (Å²) >= 11 is 0. The molecule has 0 bridgehead atoms. The molecule has 0 aliphatic carbocycles. The van der Waals surface area contributed by atoms with Crippen molar-refractivity contribution in [2.24, 2.45) is 0 Å². The Labute approximate surface area is 101 Å². The molecule has 2 aliphatic rings. The molecular weight excluding hydrogens is 196 g/mol. The summed E-state index contributed by atoms with van der Waals surface area (Å²) in [7, 11) is 0. The molecule has 2 nitrogen and oxygen atoms in total. The number of rotatable bonds is 4. The average molecular weight is 224 g/mol. The van der Waals surface area contributed by atoms with Crippen LogP contribution in [0.15, 0.2) is 0 Å². The van der Waals surface area contributed by atoms with Crippen molar-refractivity contribution in [2.75, 3.05) is 19.6 Å². The molecule has 0 amide bonds. The van der Waals surface area contributed by atoms with E-state index < -0.39 is 0 Å². The third kappa shape index (κ3) is 3.21. The minimum Gasteiger partial charge on any atom is -0.242 e. The fourth-order valence-electron chi connectivity index (χ4n) is 3.22. The highest BCUT2D eigenvalue weighted by Crippen LogP contribution is 2.25. The normalized spacial score (nSPS) is 29.4. The molecular formula is C14H28N2. The zero-order valence-electron chi connectivity index (χ0n) is 11.0. The van der Waals surface area contributed by atoms with Gasteiger partial charge < -0.3 is 0 Å². The highest BCUT2D eigenvalue weighted by Gasteiger charge is 2.27. The first-order chi connectivity index (χ1) is 7.92. The molecule has 0 spiro atoms. The van der Waals surface area contributed by atoms with Crippen molar-refractivity contribution in [3.63, 3.8) is 0 Å². The predicted molar refractivity (Wildman–Crippen MR) is 69.3 cm³/mol. The molecule has 2 aliphatic heterocycles. The van der Waals surface area contributed by atoms with E-state index in [2.05, 4.69) is 16.9 Å². The predicted octanol–water partition coefficient (Wildman–Crippen LogP) is 3.43. The van der Waals surface area contributed by atoms with Crippen molar-refractivity contribution in [1.29, 1.82) is 0 Å². The Morgan fingerprint density at radius 3 is 2.44 bits per heavy atom. The van der Waals surface area contributed by atoms with Gasteiger partial charge in [-0.15, -0.1) is 0 Å². The molecule has 2 heterocycles. The largest absolute Gasteiger partial charge is 0.242 e. The summed E-state index contributed by atoms with van der Waals surface area (Å²) in [6.07, 6.45) is 12.8. The Hall–Kier alpha value is -0.0800. The lowest BCUT2D eigenvalue weighted by Crippen LogP contribution is -2.52. The molecule has 16 heavy (non-hydrogen) atoms. The smallest absolute Gasteiger partial charge is 0.0245 e. The van der Waals surface area contributed by atoms with Crippen LogP contribution in [-0.2, 0) is 0 Å². The van der Waals surface area contributed by atoms with Gasteiger partial charge in [0.1, 0.15) is 0 Å². The van der Waals surface area contributed by atoms with E-state index in [9.17, 15) is 0 Å². The van der Waals surface area contributed by atoms with Crippen LogP contribution in [0.25, 0.3) is 0 Å². The maximum Gasteiger partial charge on any atom is 0.0245 e. The Balaban J connectivity index is 1.86. The quantitative estimate of drug-likeness (QED) is 0.722. The van der Waals surface area contributed by atoms with E-state index in [-0.39, 0.29) is 0 Å². The van der Waals surface area contributed by atoms with Gasteiger partial charge in [-0.3, -0.25) is 0 Å². The Morgan fingerprint density at radius 1 is 0.938 bits per heavy atom. The van der Waals surface area contributed by atoms with Crippen molar-refractivity contribution in [3.05, 3.63) is 0 Å². The van der Waals surface area contributed by atoms with E-state index in [1.165, 1.54) is 77.4 Å². The number of hydrogen-bond donors (Lipinski definition) is 0. The molecule has 0 radical (unpaired) electrons. The van der Waals surface area contributed by atoms with E-state index in [4.69, 9.17) is 0 Å². The second-order valence-corrected chi connectivity index (χ2v) is 5.47. The van der Waals surface area contributed by atoms with Gasteiger partial charge in [0.05, 0.1) is 0 Å². The van der Waals surface area contributed by atoms with Crippen LogP contribution in [-0.4, -0.2) is 35.7 Å². The maximum atomic E-state index is 2.73. The van der Waals surface area contributed by atoms with E-state index in [1.807, 2.05) is 0 Å². The van der Waals surface area contributed by atoms with Crippen LogP contribution in [0.1, 0.15) is 64.7 Å². The molecule has 0 aromatic heterocycles. The lowest BCUT2D eigenvalue weighted by molar-refractivity contribution is -0.0909. The molecule has 94 valence electrons. The summed E-state index contributed by atoms with van der Waals surface area (Å²) < 4.78 is 0. The fraction of sp³-hybridized carbons (Fsp3) is 1.00. The first-order valence-corrected chi connectivity index (χ1v) is 7.43. The van der Waals surface area contributed by atoms with Gasteiger partial charge in [-0.05, 0) is 32.1 Å². The molecule has 2 saturated heterocycles. The monoisotopic (exact) mass is 224 g/mol. The van der Waals surface area contributed by atoms with Crippen molar-refractivity contribution in [3.8, 4) is 0 Å². The van der Waals surface area contributed by atoms with Crippen LogP contribution >= 0.6 is 0 Å². The standard InChI is InChI=1S/C14H28N2/c1-2-3-9-14-10-5-8-13-16(14)15-11-6-4-7-12-15/h14H,2-13H2,1H3. The molecule has 2 fully saturated rings. The molecule has 1 unspecified atom stereocenters. The number of unbranched alkanes of at least 4 members (excludes halogenated alkanes) is 1. The molecule has 2 heteroatoms. The second-order valence-electron chi connectivity index (χ2n) is 5.47. The Bertz CT molecular complexity index is 187. The molecule has 0 N–H and O–H groups in total. The number of hydrazine groups is 1. The van der Waals surface area contributed by atoms with Crippen LogP contribution in [0.5, 0.6) is 0 Å². The molecule has 0 aromatic rings. The van der Waals surface area contributed by atoms with E-state index in [0.29, 0.717) is 0 Å². The highest BCUT2D eigenvalue weighted by molar-refractivity contribution is 4.77. The fourth-order valence-corrected chi connectivity index (χ4v) is 3.22. The van der Waals surface area contributed by atoms with Crippen LogP contribution in [0, 0.1) is 0 Å². The third-order valence-electron chi connectivity index (χ3n) is 4.18. The van der Waals surface area contributed by atoms with Gasteiger partial charge in [0.25, 0.3) is 0 Å². The van der Waals surface area contributed by atoms with Gasteiger partial charge >= 0.3 is 0 Å². The summed E-state index contributed by atoms with van der Waals surface area (Å²) in [6, 6.07) is 0.867. The summed E-state index contributed by atoms with van der Waals surface area (Å²) in [5, 5.41) is 5.40. The average Bonchev–Trinajstić information content (AvgIpc) is 2.38.